The van der Waals surface area contributed by atoms with Crippen LogP contribution >= 0.6 is 11.6 Å². The van der Waals surface area contributed by atoms with Crippen molar-refractivity contribution in [2.45, 2.75) is 13.8 Å². The van der Waals surface area contributed by atoms with Gasteiger partial charge < -0.3 is 4.42 Å². The molecule has 0 saturated carbocycles. The zero-order chi connectivity index (χ0) is 10.1. The van der Waals surface area contributed by atoms with E-state index in [-0.39, 0.29) is 0 Å². The highest BCUT2D eigenvalue weighted by atomic mass is 35.5. The van der Waals surface area contributed by atoms with Crippen molar-refractivity contribution in [2.75, 3.05) is 0 Å². The number of nitrogens with zero attached hydrogens (tertiary/aromatic N) is 2. The highest BCUT2D eigenvalue weighted by molar-refractivity contribution is 6.30. The number of furan rings is 1. The van der Waals surface area contributed by atoms with E-state index in [4.69, 9.17) is 16.0 Å². The van der Waals surface area contributed by atoms with Gasteiger partial charge in [0.05, 0.1) is 6.26 Å². The third-order valence-electron chi connectivity index (χ3n) is 1.95. The van der Waals surface area contributed by atoms with Crippen LogP contribution in [0.15, 0.2) is 22.8 Å². The van der Waals surface area contributed by atoms with Gasteiger partial charge in [0.25, 0.3) is 0 Å². The van der Waals surface area contributed by atoms with Crippen molar-refractivity contribution in [1.29, 1.82) is 0 Å². The number of aryl methyl sites for hydroxylation is 1. The molecular weight excluding hydrogens is 200 g/mol. The lowest BCUT2D eigenvalue weighted by Crippen LogP contribution is -1.95. The second-order valence-corrected chi connectivity index (χ2v) is 3.37. The number of aromatic nitrogens is 2. The maximum Gasteiger partial charge on any atom is 0.152 e. The monoisotopic (exact) mass is 208 g/mol. The Kier molecular flexibility index (Phi) is 2.25. The van der Waals surface area contributed by atoms with Crippen molar-refractivity contribution in [2.24, 2.45) is 0 Å². The zero-order valence-electron chi connectivity index (χ0n) is 7.91. The lowest BCUT2D eigenvalue weighted by molar-refractivity contribution is 0.579. The average Bonchev–Trinajstić information content (AvgIpc) is 2.63. The highest BCUT2D eigenvalue weighted by Crippen LogP contribution is 2.25. The molecule has 0 fully saturated rings. The number of hydrogen-bond acceptors (Lipinski definition) is 3. The van der Waals surface area contributed by atoms with Crippen LogP contribution in [0.25, 0.3) is 11.5 Å². The van der Waals surface area contributed by atoms with Gasteiger partial charge in [0.1, 0.15) is 16.7 Å². The molecule has 72 valence electrons. The Bertz CT molecular complexity index is 451. The van der Waals surface area contributed by atoms with Gasteiger partial charge >= 0.3 is 0 Å². The summed E-state index contributed by atoms with van der Waals surface area (Å²) in [6.07, 6.45) is 1.61. The molecule has 0 aliphatic carbocycles. The minimum absolute atomic E-state index is 0.476. The van der Waals surface area contributed by atoms with Gasteiger partial charge in [-0.3, -0.25) is 0 Å². The Morgan fingerprint density at radius 2 is 2.07 bits per heavy atom. The van der Waals surface area contributed by atoms with E-state index in [0.717, 1.165) is 17.0 Å². The molecule has 2 aromatic heterocycles. The van der Waals surface area contributed by atoms with Crippen LogP contribution < -0.4 is 0 Å². The maximum absolute atomic E-state index is 5.94. The van der Waals surface area contributed by atoms with Crippen LogP contribution in [-0.4, -0.2) is 9.97 Å². The molecule has 0 radical (unpaired) electrons. The summed E-state index contributed by atoms with van der Waals surface area (Å²) < 4.78 is 5.26. The van der Waals surface area contributed by atoms with Crippen LogP contribution in [0, 0.1) is 13.8 Å². The minimum atomic E-state index is 0.476. The van der Waals surface area contributed by atoms with Gasteiger partial charge in [-0.15, -0.1) is 0 Å². The van der Waals surface area contributed by atoms with Gasteiger partial charge in [0, 0.05) is 5.56 Å². The first kappa shape index (κ1) is 9.21. The summed E-state index contributed by atoms with van der Waals surface area (Å²) >= 11 is 5.94. The van der Waals surface area contributed by atoms with E-state index >= 15 is 0 Å². The molecule has 0 amide bonds. The molecule has 3 nitrogen and oxygen atoms in total. The quantitative estimate of drug-likeness (QED) is 0.677. The molecule has 0 saturated heterocycles. The highest BCUT2D eigenvalue weighted by Gasteiger charge is 2.11. The second kappa shape index (κ2) is 3.42. The molecule has 0 aromatic carbocycles. The molecule has 0 unspecified atom stereocenters. The molecule has 0 aliphatic rings. The number of hydrogen-bond donors (Lipinski definition) is 0. The van der Waals surface area contributed by atoms with Crippen LogP contribution in [0.5, 0.6) is 0 Å². The Labute approximate surface area is 86.8 Å². The lowest BCUT2D eigenvalue weighted by Gasteiger charge is -2.04. The van der Waals surface area contributed by atoms with Crippen molar-refractivity contribution in [3.8, 4) is 11.5 Å². The topological polar surface area (TPSA) is 38.9 Å². The van der Waals surface area contributed by atoms with E-state index in [1.807, 2.05) is 19.1 Å². The Balaban J connectivity index is 2.64. The van der Waals surface area contributed by atoms with Gasteiger partial charge in [-0.1, -0.05) is 11.6 Å². The van der Waals surface area contributed by atoms with E-state index in [1.54, 1.807) is 13.2 Å². The van der Waals surface area contributed by atoms with E-state index in [0.29, 0.717) is 11.0 Å². The van der Waals surface area contributed by atoms with Gasteiger partial charge in [0.2, 0.25) is 0 Å². The molecule has 2 rings (SSSR count). The smallest absolute Gasteiger partial charge is 0.152 e. The Morgan fingerprint density at radius 3 is 2.71 bits per heavy atom. The molecule has 0 bridgehead atoms. The Morgan fingerprint density at radius 1 is 1.29 bits per heavy atom. The molecule has 0 spiro atoms. The largest absolute Gasteiger partial charge is 0.463 e. The van der Waals surface area contributed by atoms with E-state index in [1.165, 1.54) is 0 Å². The first-order valence-electron chi connectivity index (χ1n) is 4.23. The number of halogens is 1. The second-order valence-electron chi connectivity index (χ2n) is 3.01. The van der Waals surface area contributed by atoms with E-state index in [9.17, 15) is 0 Å². The summed E-state index contributed by atoms with van der Waals surface area (Å²) in [5.41, 5.74) is 1.60. The normalized spacial score (nSPS) is 10.5. The SMILES string of the molecule is Cc1nc(Cl)c(C)c(-c2ccco2)n1. The van der Waals surface area contributed by atoms with Gasteiger partial charge in [-0.2, -0.15) is 0 Å². The third kappa shape index (κ3) is 1.51. The summed E-state index contributed by atoms with van der Waals surface area (Å²) in [4.78, 5) is 8.34. The molecule has 2 aromatic rings. The van der Waals surface area contributed by atoms with Crippen LogP contribution in [0.3, 0.4) is 0 Å². The summed E-state index contributed by atoms with van der Waals surface area (Å²) in [5, 5.41) is 0.476. The van der Waals surface area contributed by atoms with Crippen LogP contribution in [0.4, 0.5) is 0 Å². The standard InChI is InChI=1S/C10H9ClN2O/c1-6-9(8-4-3-5-14-8)12-7(2)13-10(6)11/h3-5H,1-2H3. The minimum Gasteiger partial charge on any atom is -0.463 e. The predicted molar refractivity (Wildman–Crippen MR) is 54.2 cm³/mol. The fraction of sp³-hybridized carbons (Fsp3) is 0.200. The first-order chi connectivity index (χ1) is 6.68. The Hall–Kier alpha value is -1.35. The van der Waals surface area contributed by atoms with Gasteiger partial charge in [-0.05, 0) is 26.0 Å². The molecule has 0 N–H and O–H groups in total. The van der Waals surface area contributed by atoms with E-state index < -0.39 is 0 Å². The van der Waals surface area contributed by atoms with Gasteiger partial charge in [0.15, 0.2) is 5.76 Å². The number of rotatable bonds is 1. The van der Waals surface area contributed by atoms with Crippen LogP contribution in [-0.2, 0) is 0 Å². The predicted octanol–water partition coefficient (Wildman–Crippen LogP) is 3.01. The third-order valence-corrected chi connectivity index (χ3v) is 2.32. The zero-order valence-corrected chi connectivity index (χ0v) is 8.67. The summed E-state index contributed by atoms with van der Waals surface area (Å²) in [6.45, 7) is 3.68. The van der Waals surface area contributed by atoms with Crippen molar-refractivity contribution in [3.05, 3.63) is 34.9 Å². The fourth-order valence-electron chi connectivity index (χ4n) is 1.25. The molecule has 4 heteroatoms. The van der Waals surface area contributed by atoms with Crippen molar-refractivity contribution < 1.29 is 4.42 Å². The summed E-state index contributed by atoms with van der Waals surface area (Å²) in [6, 6.07) is 3.67. The molecule has 0 aliphatic heterocycles. The molecule has 14 heavy (non-hydrogen) atoms. The summed E-state index contributed by atoms with van der Waals surface area (Å²) in [7, 11) is 0. The van der Waals surface area contributed by atoms with Crippen LogP contribution in [0.1, 0.15) is 11.4 Å². The lowest BCUT2D eigenvalue weighted by atomic mass is 10.2. The van der Waals surface area contributed by atoms with Crippen molar-refractivity contribution >= 4 is 11.6 Å². The first-order valence-corrected chi connectivity index (χ1v) is 4.61. The summed E-state index contributed by atoms with van der Waals surface area (Å²) in [5.74, 6) is 1.36. The van der Waals surface area contributed by atoms with Gasteiger partial charge in [-0.25, -0.2) is 9.97 Å². The van der Waals surface area contributed by atoms with Crippen molar-refractivity contribution in [3.63, 3.8) is 0 Å². The van der Waals surface area contributed by atoms with Crippen LogP contribution in [0.2, 0.25) is 5.15 Å². The molecular formula is C10H9ClN2O. The van der Waals surface area contributed by atoms with E-state index in [2.05, 4.69) is 9.97 Å². The average molecular weight is 209 g/mol. The molecule has 2 heterocycles. The van der Waals surface area contributed by atoms with Crippen molar-refractivity contribution in [1.82, 2.24) is 9.97 Å². The molecule has 0 atom stereocenters. The maximum atomic E-state index is 5.94. The fourth-order valence-corrected chi connectivity index (χ4v) is 1.46.